The molecule has 1 fully saturated rings. The summed E-state index contributed by atoms with van der Waals surface area (Å²) in [5, 5.41) is 11.3. The summed E-state index contributed by atoms with van der Waals surface area (Å²) in [5.74, 6) is -0.270. The van der Waals surface area contributed by atoms with E-state index in [1.807, 2.05) is 4.90 Å². The van der Waals surface area contributed by atoms with Crippen LogP contribution in [0.15, 0.2) is 24.3 Å². The first-order valence-electron chi connectivity index (χ1n) is 8.86. The molecule has 0 radical (unpaired) electrons. The maximum Gasteiger partial charge on any atom is 0.303 e. The molecule has 1 aliphatic rings. The molecule has 6 heteroatoms. The van der Waals surface area contributed by atoms with Crippen LogP contribution in [0, 0.1) is 5.92 Å². The number of piperidine rings is 1. The number of carboxylic acids is 1. The number of hydrogen-bond donors (Lipinski definition) is 2. The van der Waals surface area contributed by atoms with Crippen molar-refractivity contribution >= 4 is 23.5 Å². The highest BCUT2D eigenvalue weighted by Crippen LogP contribution is 2.19. The van der Waals surface area contributed by atoms with Gasteiger partial charge in [0.15, 0.2) is 0 Å². The van der Waals surface area contributed by atoms with Crippen LogP contribution in [0.5, 0.6) is 0 Å². The summed E-state index contributed by atoms with van der Waals surface area (Å²) in [7, 11) is 0. The van der Waals surface area contributed by atoms with E-state index in [2.05, 4.69) is 12.2 Å². The van der Waals surface area contributed by atoms with Gasteiger partial charge < -0.3 is 15.3 Å². The zero-order valence-electron chi connectivity index (χ0n) is 14.7. The summed E-state index contributed by atoms with van der Waals surface area (Å²) in [6.45, 7) is 3.81. The number of unbranched alkanes of at least 4 members (excludes halogenated alkanes) is 1. The molecule has 1 aliphatic heterocycles. The van der Waals surface area contributed by atoms with Crippen molar-refractivity contribution in [3.05, 3.63) is 29.8 Å². The van der Waals surface area contributed by atoms with Crippen LogP contribution < -0.4 is 5.32 Å². The lowest BCUT2D eigenvalue weighted by Crippen LogP contribution is -2.37. The second kappa shape index (κ2) is 9.20. The van der Waals surface area contributed by atoms with Crippen LogP contribution in [0.25, 0.3) is 0 Å². The van der Waals surface area contributed by atoms with Gasteiger partial charge in [0.05, 0.1) is 0 Å². The number of amides is 2. The zero-order chi connectivity index (χ0) is 18.2. The standard InChI is InChI=1S/C19H26N2O4/c1-14-10-12-21(13-11-14)19(25)15-6-8-16(9-7-15)20-17(22)4-2-3-5-18(23)24/h6-9,14H,2-5,10-13H2,1H3,(H,20,22)(H,23,24). The number of rotatable bonds is 7. The number of anilines is 1. The summed E-state index contributed by atoms with van der Waals surface area (Å²) in [4.78, 5) is 36.6. The Morgan fingerprint density at radius 1 is 1.08 bits per heavy atom. The fraction of sp³-hybridized carbons (Fsp3) is 0.526. The Morgan fingerprint density at radius 3 is 2.28 bits per heavy atom. The van der Waals surface area contributed by atoms with Gasteiger partial charge in [0.25, 0.3) is 5.91 Å². The van der Waals surface area contributed by atoms with Crippen molar-refractivity contribution in [3.8, 4) is 0 Å². The van der Waals surface area contributed by atoms with Crippen LogP contribution in [-0.4, -0.2) is 40.9 Å². The largest absolute Gasteiger partial charge is 0.481 e. The van der Waals surface area contributed by atoms with Gasteiger partial charge in [-0.05, 0) is 55.9 Å². The third kappa shape index (κ3) is 6.21. The molecule has 0 spiro atoms. The Hall–Kier alpha value is -2.37. The van der Waals surface area contributed by atoms with Crippen molar-refractivity contribution in [2.75, 3.05) is 18.4 Å². The number of hydrogen-bond acceptors (Lipinski definition) is 3. The van der Waals surface area contributed by atoms with Gasteiger partial charge in [0.1, 0.15) is 0 Å². The minimum atomic E-state index is -0.844. The van der Waals surface area contributed by atoms with E-state index in [1.165, 1.54) is 0 Å². The molecule has 0 aromatic heterocycles. The van der Waals surface area contributed by atoms with Gasteiger partial charge >= 0.3 is 5.97 Å². The Bertz CT molecular complexity index is 604. The van der Waals surface area contributed by atoms with Crippen molar-refractivity contribution in [2.24, 2.45) is 5.92 Å². The summed E-state index contributed by atoms with van der Waals surface area (Å²) < 4.78 is 0. The summed E-state index contributed by atoms with van der Waals surface area (Å²) in [5.41, 5.74) is 1.28. The monoisotopic (exact) mass is 346 g/mol. The number of likely N-dealkylation sites (tertiary alicyclic amines) is 1. The van der Waals surface area contributed by atoms with Gasteiger partial charge in [-0.25, -0.2) is 0 Å². The lowest BCUT2D eigenvalue weighted by atomic mass is 9.98. The third-order valence-electron chi connectivity index (χ3n) is 4.53. The van der Waals surface area contributed by atoms with E-state index in [4.69, 9.17) is 5.11 Å². The van der Waals surface area contributed by atoms with E-state index in [1.54, 1.807) is 24.3 Å². The van der Waals surface area contributed by atoms with Crippen molar-refractivity contribution in [1.29, 1.82) is 0 Å². The molecule has 136 valence electrons. The van der Waals surface area contributed by atoms with Gasteiger partial charge in [0.2, 0.25) is 5.91 Å². The molecule has 2 amide bonds. The number of carbonyl (C=O) groups is 3. The lowest BCUT2D eigenvalue weighted by molar-refractivity contribution is -0.137. The molecule has 0 atom stereocenters. The highest BCUT2D eigenvalue weighted by molar-refractivity contribution is 5.95. The fourth-order valence-electron chi connectivity index (χ4n) is 2.88. The van der Waals surface area contributed by atoms with E-state index >= 15 is 0 Å². The maximum atomic E-state index is 12.5. The van der Waals surface area contributed by atoms with Crippen molar-refractivity contribution in [1.82, 2.24) is 4.90 Å². The maximum absolute atomic E-state index is 12.5. The normalized spacial score (nSPS) is 15.0. The molecule has 0 saturated carbocycles. The van der Waals surface area contributed by atoms with Crippen LogP contribution >= 0.6 is 0 Å². The van der Waals surface area contributed by atoms with E-state index in [0.717, 1.165) is 25.9 Å². The quantitative estimate of drug-likeness (QED) is 0.743. The fourth-order valence-corrected chi connectivity index (χ4v) is 2.88. The second-order valence-corrected chi connectivity index (χ2v) is 6.70. The molecule has 0 aliphatic carbocycles. The average Bonchev–Trinajstić information content (AvgIpc) is 2.59. The number of aliphatic carboxylic acids is 1. The molecule has 1 aromatic rings. The molecule has 25 heavy (non-hydrogen) atoms. The van der Waals surface area contributed by atoms with Crippen LogP contribution in [0.1, 0.15) is 55.8 Å². The van der Waals surface area contributed by atoms with Gasteiger partial charge in [-0.15, -0.1) is 0 Å². The molecule has 2 N–H and O–H groups in total. The molecule has 6 nitrogen and oxygen atoms in total. The zero-order valence-corrected chi connectivity index (χ0v) is 14.7. The average molecular weight is 346 g/mol. The first-order valence-corrected chi connectivity index (χ1v) is 8.86. The van der Waals surface area contributed by atoms with E-state index in [9.17, 15) is 14.4 Å². The first kappa shape index (κ1) is 19.0. The minimum Gasteiger partial charge on any atom is -0.481 e. The highest BCUT2D eigenvalue weighted by Gasteiger charge is 2.21. The predicted molar refractivity (Wildman–Crippen MR) is 95.5 cm³/mol. The van der Waals surface area contributed by atoms with Crippen molar-refractivity contribution in [3.63, 3.8) is 0 Å². The van der Waals surface area contributed by atoms with E-state index in [-0.39, 0.29) is 18.2 Å². The number of benzene rings is 1. The molecule has 1 heterocycles. The summed E-state index contributed by atoms with van der Waals surface area (Å²) in [6, 6.07) is 6.94. The first-order chi connectivity index (χ1) is 12.0. The van der Waals surface area contributed by atoms with Crippen LogP contribution in [0.3, 0.4) is 0 Å². The molecular formula is C19H26N2O4. The Kier molecular flexibility index (Phi) is 6.98. The highest BCUT2D eigenvalue weighted by atomic mass is 16.4. The van der Waals surface area contributed by atoms with Crippen LogP contribution in [-0.2, 0) is 9.59 Å². The smallest absolute Gasteiger partial charge is 0.303 e. The van der Waals surface area contributed by atoms with Crippen molar-refractivity contribution < 1.29 is 19.5 Å². The van der Waals surface area contributed by atoms with Gasteiger partial charge in [0, 0.05) is 37.2 Å². The molecule has 0 bridgehead atoms. The van der Waals surface area contributed by atoms with Gasteiger partial charge in [-0.2, -0.15) is 0 Å². The Morgan fingerprint density at radius 2 is 1.68 bits per heavy atom. The Balaban J connectivity index is 1.80. The van der Waals surface area contributed by atoms with Crippen LogP contribution in [0.4, 0.5) is 5.69 Å². The van der Waals surface area contributed by atoms with Gasteiger partial charge in [-0.3, -0.25) is 14.4 Å². The summed E-state index contributed by atoms with van der Waals surface area (Å²) in [6.07, 6.45) is 3.50. The SMILES string of the molecule is CC1CCN(C(=O)c2ccc(NC(=O)CCCCC(=O)O)cc2)CC1. The molecule has 1 aromatic carbocycles. The Labute approximate surface area is 148 Å². The minimum absolute atomic E-state index is 0.0402. The van der Waals surface area contributed by atoms with E-state index in [0.29, 0.717) is 36.4 Å². The van der Waals surface area contributed by atoms with Crippen molar-refractivity contribution in [2.45, 2.75) is 45.4 Å². The molecule has 0 unspecified atom stereocenters. The molecular weight excluding hydrogens is 320 g/mol. The predicted octanol–water partition coefficient (Wildman–Crippen LogP) is 3.14. The van der Waals surface area contributed by atoms with Gasteiger partial charge in [-0.1, -0.05) is 6.92 Å². The number of carboxylic acid groups (broad SMARTS) is 1. The topological polar surface area (TPSA) is 86.7 Å². The molecule has 2 rings (SSSR count). The number of nitrogens with one attached hydrogen (secondary N) is 1. The third-order valence-corrected chi connectivity index (χ3v) is 4.53. The number of carbonyl (C=O) groups excluding carboxylic acids is 2. The summed E-state index contributed by atoms with van der Waals surface area (Å²) >= 11 is 0. The van der Waals surface area contributed by atoms with E-state index < -0.39 is 5.97 Å². The molecule has 1 saturated heterocycles. The number of nitrogens with zero attached hydrogens (tertiary/aromatic N) is 1. The lowest BCUT2D eigenvalue weighted by Gasteiger charge is -2.30. The van der Waals surface area contributed by atoms with Crippen LogP contribution in [0.2, 0.25) is 0 Å². The second-order valence-electron chi connectivity index (χ2n) is 6.70.